The molecule has 0 bridgehead atoms. The predicted molar refractivity (Wildman–Crippen MR) is 118 cm³/mol. The molecule has 5 nitrogen and oxygen atoms in total. The summed E-state index contributed by atoms with van der Waals surface area (Å²) in [4.78, 5) is 16.1. The average Bonchev–Trinajstić information content (AvgIpc) is 3.29. The molecular formula is C23H28N2O3S2. The van der Waals surface area contributed by atoms with E-state index in [0.717, 1.165) is 31.4 Å². The monoisotopic (exact) mass is 444 g/mol. The van der Waals surface area contributed by atoms with Crippen molar-refractivity contribution in [3.8, 4) is 0 Å². The number of benzene rings is 1. The van der Waals surface area contributed by atoms with Gasteiger partial charge < -0.3 is 4.90 Å². The van der Waals surface area contributed by atoms with Gasteiger partial charge in [-0.3, -0.25) is 4.79 Å². The molecule has 1 aliphatic carbocycles. The lowest BCUT2D eigenvalue weighted by molar-refractivity contribution is 0.0392. The van der Waals surface area contributed by atoms with Crippen LogP contribution >= 0.6 is 11.3 Å². The molecule has 1 saturated carbocycles. The van der Waals surface area contributed by atoms with Crippen molar-refractivity contribution in [1.82, 2.24) is 9.21 Å². The fraction of sp³-hybridized carbons (Fsp3) is 0.522. The highest BCUT2D eigenvalue weighted by Crippen LogP contribution is 2.37. The number of hydrogen-bond acceptors (Lipinski definition) is 4. The van der Waals surface area contributed by atoms with Crippen LogP contribution in [0.15, 0.2) is 40.6 Å². The number of amides is 1. The van der Waals surface area contributed by atoms with Gasteiger partial charge in [-0.2, -0.15) is 4.31 Å². The van der Waals surface area contributed by atoms with Crippen LogP contribution in [0.25, 0.3) is 0 Å². The van der Waals surface area contributed by atoms with Crippen molar-refractivity contribution < 1.29 is 13.2 Å². The normalized spacial score (nSPS) is 24.9. The molecule has 3 aliphatic rings. The van der Waals surface area contributed by atoms with Crippen molar-refractivity contribution in [2.75, 3.05) is 13.1 Å². The van der Waals surface area contributed by atoms with Crippen molar-refractivity contribution >= 4 is 27.3 Å². The molecule has 2 fully saturated rings. The lowest BCUT2D eigenvalue weighted by Gasteiger charge is -2.44. The first kappa shape index (κ1) is 20.2. The van der Waals surface area contributed by atoms with Gasteiger partial charge in [0.15, 0.2) is 0 Å². The highest BCUT2D eigenvalue weighted by atomic mass is 32.2. The first-order valence-electron chi connectivity index (χ1n) is 11.0. The molecule has 2 aliphatic heterocycles. The van der Waals surface area contributed by atoms with E-state index in [4.69, 9.17) is 0 Å². The topological polar surface area (TPSA) is 57.7 Å². The maximum absolute atomic E-state index is 13.5. The van der Waals surface area contributed by atoms with Crippen LogP contribution in [0.4, 0.5) is 0 Å². The van der Waals surface area contributed by atoms with E-state index in [-0.39, 0.29) is 16.8 Å². The van der Waals surface area contributed by atoms with Crippen molar-refractivity contribution in [1.29, 1.82) is 0 Å². The van der Waals surface area contributed by atoms with Gasteiger partial charge in [-0.25, -0.2) is 8.42 Å². The third-order valence-electron chi connectivity index (χ3n) is 7.04. The predicted octanol–water partition coefficient (Wildman–Crippen LogP) is 4.29. The highest BCUT2D eigenvalue weighted by Gasteiger charge is 2.39. The summed E-state index contributed by atoms with van der Waals surface area (Å²) in [6.07, 6.45) is 7.56. The molecular weight excluding hydrogens is 416 g/mol. The Morgan fingerprint density at radius 1 is 0.967 bits per heavy atom. The van der Waals surface area contributed by atoms with Gasteiger partial charge in [-0.05, 0) is 60.6 Å². The zero-order chi connectivity index (χ0) is 20.7. The minimum Gasteiger partial charge on any atom is -0.335 e. The van der Waals surface area contributed by atoms with Crippen molar-refractivity contribution in [3.05, 3.63) is 51.7 Å². The second-order valence-corrected chi connectivity index (χ2v) is 11.5. The van der Waals surface area contributed by atoms with Crippen LogP contribution in [0.3, 0.4) is 0 Å². The first-order valence-corrected chi connectivity index (χ1v) is 13.3. The Kier molecular flexibility index (Phi) is 5.45. The molecule has 160 valence electrons. The van der Waals surface area contributed by atoms with Crippen molar-refractivity contribution in [2.45, 2.75) is 62.4 Å². The van der Waals surface area contributed by atoms with E-state index in [2.05, 4.69) is 6.07 Å². The Balaban J connectivity index is 1.42. The molecule has 2 aromatic rings. The SMILES string of the molecule is O=C(c1sccc1S(=O)(=O)N1CCc2ccccc2C1)N1CCCC2CCCCC21. The fourth-order valence-electron chi connectivity index (χ4n) is 5.48. The lowest BCUT2D eigenvalue weighted by atomic mass is 9.78. The van der Waals surface area contributed by atoms with Crippen molar-refractivity contribution in [3.63, 3.8) is 0 Å². The van der Waals surface area contributed by atoms with Gasteiger partial charge in [0.2, 0.25) is 10.0 Å². The molecule has 1 aromatic heterocycles. The molecule has 2 atom stereocenters. The van der Waals surface area contributed by atoms with E-state index in [9.17, 15) is 13.2 Å². The van der Waals surface area contributed by atoms with E-state index >= 15 is 0 Å². The minimum absolute atomic E-state index is 0.0856. The third kappa shape index (κ3) is 3.51. The van der Waals surface area contributed by atoms with Crippen molar-refractivity contribution in [2.24, 2.45) is 5.92 Å². The average molecular weight is 445 g/mol. The Hall–Kier alpha value is -1.70. The molecule has 5 rings (SSSR count). The maximum Gasteiger partial charge on any atom is 0.265 e. The van der Waals surface area contributed by atoms with Crippen LogP contribution in [-0.2, 0) is 23.0 Å². The van der Waals surface area contributed by atoms with E-state index in [1.54, 1.807) is 11.4 Å². The number of nitrogens with zero attached hydrogens (tertiary/aromatic N) is 2. The molecule has 3 heterocycles. The van der Waals surface area contributed by atoms with Crippen LogP contribution in [0.5, 0.6) is 0 Å². The second kappa shape index (κ2) is 8.09. The number of likely N-dealkylation sites (tertiary alicyclic amines) is 1. The fourth-order valence-corrected chi connectivity index (χ4v) is 8.25. The summed E-state index contributed by atoms with van der Waals surface area (Å²) in [5.41, 5.74) is 2.26. The quantitative estimate of drug-likeness (QED) is 0.710. The second-order valence-electron chi connectivity index (χ2n) is 8.72. The third-order valence-corrected chi connectivity index (χ3v) is 9.96. The summed E-state index contributed by atoms with van der Waals surface area (Å²) in [7, 11) is -3.71. The molecule has 0 radical (unpaired) electrons. The lowest BCUT2D eigenvalue weighted by Crippen LogP contribution is -2.49. The Bertz CT molecular complexity index is 1040. The summed E-state index contributed by atoms with van der Waals surface area (Å²) in [6, 6.07) is 9.90. The van der Waals surface area contributed by atoms with Crippen LogP contribution in [0.2, 0.25) is 0 Å². The van der Waals surface area contributed by atoms with Gasteiger partial charge in [0.05, 0.1) is 0 Å². The molecule has 0 N–H and O–H groups in total. The van der Waals surface area contributed by atoms with Gasteiger partial charge in [0.25, 0.3) is 5.91 Å². The Morgan fingerprint density at radius 3 is 2.60 bits per heavy atom. The highest BCUT2D eigenvalue weighted by molar-refractivity contribution is 7.89. The van der Waals surface area contributed by atoms with Gasteiger partial charge in [-0.1, -0.05) is 37.1 Å². The van der Waals surface area contributed by atoms with E-state index in [0.29, 0.717) is 30.3 Å². The standard InChI is InChI=1S/C23H28N2O3S2/c26-23(25-13-5-9-18-7-3-4-10-20(18)25)22-21(12-15-29-22)30(27,28)24-14-11-17-6-1-2-8-19(17)16-24/h1-2,6,8,12,15,18,20H,3-5,7,9-11,13-14,16H2. The number of rotatable bonds is 3. The van der Waals surface area contributed by atoms with Gasteiger partial charge in [0.1, 0.15) is 9.77 Å². The minimum atomic E-state index is -3.71. The largest absolute Gasteiger partial charge is 0.335 e. The molecule has 30 heavy (non-hydrogen) atoms. The van der Waals surface area contributed by atoms with E-state index < -0.39 is 10.0 Å². The number of piperidine rings is 1. The van der Waals surface area contributed by atoms with E-state index in [1.165, 1.54) is 40.5 Å². The molecule has 7 heteroatoms. The number of carbonyl (C=O) groups is 1. The Morgan fingerprint density at radius 2 is 1.73 bits per heavy atom. The molecule has 1 saturated heterocycles. The number of hydrogen-bond donors (Lipinski definition) is 0. The summed E-state index contributed by atoms with van der Waals surface area (Å²) < 4.78 is 28.6. The Labute approximate surface area is 182 Å². The first-order chi connectivity index (χ1) is 14.6. The number of thiophene rings is 1. The summed E-state index contributed by atoms with van der Waals surface area (Å²) in [5.74, 6) is 0.493. The van der Waals surface area contributed by atoms with Crippen LogP contribution in [0, 0.1) is 5.92 Å². The molecule has 1 aromatic carbocycles. The summed E-state index contributed by atoms with van der Waals surface area (Å²) in [6.45, 7) is 1.57. The van der Waals surface area contributed by atoms with Crippen LogP contribution in [0.1, 0.15) is 59.3 Å². The molecule has 0 spiro atoms. The van der Waals surface area contributed by atoms with Gasteiger partial charge in [0, 0.05) is 25.7 Å². The zero-order valence-electron chi connectivity index (χ0n) is 17.1. The van der Waals surface area contributed by atoms with Crippen LogP contribution in [-0.4, -0.2) is 42.7 Å². The van der Waals surface area contributed by atoms with Gasteiger partial charge in [-0.15, -0.1) is 11.3 Å². The van der Waals surface area contributed by atoms with E-state index in [1.807, 2.05) is 23.1 Å². The number of fused-ring (bicyclic) bond motifs is 2. The summed E-state index contributed by atoms with van der Waals surface area (Å²) >= 11 is 1.27. The summed E-state index contributed by atoms with van der Waals surface area (Å²) in [5, 5.41) is 1.75. The number of carbonyl (C=O) groups excluding carboxylic acids is 1. The maximum atomic E-state index is 13.5. The molecule has 2 unspecified atom stereocenters. The van der Waals surface area contributed by atoms with Crippen LogP contribution < -0.4 is 0 Å². The molecule has 1 amide bonds. The zero-order valence-corrected chi connectivity index (χ0v) is 18.8. The van der Waals surface area contributed by atoms with Gasteiger partial charge >= 0.3 is 0 Å². The smallest absolute Gasteiger partial charge is 0.265 e. The number of sulfonamides is 1.